The van der Waals surface area contributed by atoms with E-state index in [4.69, 9.17) is 9.73 Å². The Balaban J connectivity index is 0.00000338. The molecule has 1 aliphatic rings. The van der Waals surface area contributed by atoms with E-state index in [0.29, 0.717) is 13.2 Å². The number of hydrogen-bond acceptors (Lipinski definition) is 4. The minimum Gasteiger partial charge on any atom is -0.396 e. The summed E-state index contributed by atoms with van der Waals surface area (Å²) in [7, 11) is 1.98. The Kier molecular flexibility index (Phi) is 9.88. The number of aryl methyl sites for hydroxylation is 2. The van der Waals surface area contributed by atoms with Crippen molar-refractivity contribution in [1.29, 1.82) is 0 Å². The van der Waals surface area contributed by atoms with E-state index in [1.54, 1.807) is 0 Å². The molecule has 2 heterocycles. The van der Waals surface area contributed by atoms with Crippen molar-refractivity contribution in [3.8, 4) is 0 Å². The van der Waals surface area contributed by atoms with Crippen molar-refractivity contribution in [2.24, 2.45) is 17.5 Å². The molecule has 0 saturated carbocycles. The van der Waals surface area contributed by atoms with Crippen molar-refractivity contribution < 1.29 is 9.84 Å². The Bertz CT molecular complexity index is 582. The normalized spacial score (nSPS) is 20.1. The fourth-order valence-corrected chi connectivity index (χ4v) is 3.36. The van der Waals surface area contributed by atoms with Crippen molar-refractivity contribution in [2.45, 2.75) is 40.0 Å². The molecule has 7 nitrogen and oxygen atoms in total. The molecule has 150 valence electrons. The summed E-state index contributed by atoms with van der Waals surface area (Å²) in [6.45, 7) is 10.2. The van der Waals surface area contributed by atoms with Gasteiger partial charge in [0.15, 0.2) is 5.96 Å². The standard InChI is InChI=1S/C18H33N5O2.HI/c1-5-19-17(21-12-18(7-10-24)8-11-25-13-18)20-9-6-16-14(2)22-23(4)15(16)3;/h24H,5-13H2,1-4H3,(H2,19,20,21);1H. The Morgan fingerprint density at radius 1 is 1.38 bits per heavy atom. The molecule has 1 unspecified atom stereocenters. The van der Waals surface area contributed by atoms with Gasteiger partial charge in [-0.1, -0.05) is 0 Å². The number of aliphatic imine (C=N–C) groups is 1. The summed E-state index contributed by atoms with van der Waals surface area (Å²) >= 11 is 0. The molecule has 1 aromatic rings. The fourth-order valence-electron chi connectivity index (χ4n) is 3.36. The average molecular weight is 479 g/mol. The van der Waals surface area contributed by atoms with Crippen LogP contribution in [0.15, 0.2) is 4.99 Å². The van der Waals surface area contributed by atoms with E-state index in [0.717, 1.165) is 50.6 Å². The van der Waals surface area contributed by atoms with Gasteiger partial charge in [0.25, 0.3) is 0 Å². The molecule has 1 aromatic heterocycles. The van der Waals surface area contributed by atoms with Crippen molar-refractivity contribution >= 4 is 29.9 Å². The number of guanidine groups is 1. The number of rotatable bonds is 8. The zero-order valence-corrected chi connectivity index (χ0v) is 18.8. The second kappa shape index (κ2) is 11.1. The molecule has 3 N–H and O–H groups in total. The molecule has 2 rings (SSSR count). The number of aliphatic hydroxyl groups is 1. The summed E-state index contributed by atoms with van der Waals surface area (Å²) in [6.07, 6.45) is 2.62. The van der Waals surface area contributed by atoms with E-state index in [1.807, 2.05) is 11.7 Å². The number of ether oxygens (including phenoxy) is 1. The third-order valence-corrected chi connectivity index (χ3v) is 5.07. The lowest BCUT2D eigenvalue weighted by atomic mass is 9.84. The van der Waals surface area contributed by atoms with Crippen LogP contribution in [0.25, 0.3) is 0 Å². The van der Waals surface area contributed by atoms with E-state index >= 15 is 0 Å². The van der Waals surface area contributed by atoms with Crippen molar-refractivity contribution in [1.82, 2.24) is 20.4 Å². The topological polar surface area (TPSA) is 83.7 Å². The Morgan fingerprint density at radius 2 is 2.15 bits per heavy atom. The monoisotopic (exact) mass is 479 g/mol. The zero-order chi connectivity index (χ0) is 18.3. The number of aliphatic hydroxyl groups excluding tert-OH is 1. The molecule has 0 radical (unpaired) electrons. The van der Waals surface area contributed by atoms with E-state index in [1.165, 1.54) is 11.3 Å². The highest BCUT2D eigenvalue weighted by Crippen LogP contribution is 2.32. The molecule has 8 heteroatoms. The average Bonchev–Trinajstić information content (AvgIpc) is 3.13. The molecule has 1 fully saturated rings. The van der Waals surface area contributed by atoms with Gasteiger partial charge in [-0.25, -0.2) is 0 Å². The summed E-state index contributed by atoms with van der Waals surface area (Å²) < 4.78 is 7.48. The quantitative estimate of drug-likeness (QED) is 0.300. The predicted octanol–water partition coefficient (Wildman–Crippen LogP) is 1.54. The fraction of sp³-hybridized carbons (Fsp3) is 0.778. The lowest BCUT2D eigenvalue weighted by Gasteiger charge is -2.24. The minimum atomic E-state index is -0.0202. The molecule has 0 spiro atoms. The van der Waals surface area contributed by atoms with E-state index in [2.05, 4.69) is 36.5 Å². The number of aromatic nitrogens is 2. The summed E-state index contributed by atoms with van der Waals surface area (Å²) in [6, 6.07) is 0. The van der Waals surface area contributed by atoms with Gasteiger partial charge in [-0.15, -0.1) is 24.0 Å². The number of nitrogens with one attached hydrogen (secondary N) is 2. The van der Waals surface area contributed by atoms with Crippen molar-refractivity contribution in [3.63, 3.8) is 0 Å². The van der Waals surface area contributed by atoms with E-state index in [9.17, 15) is 5.11 Å². The van der Waals surface area contributed by atoms with Crippen LogP contribution in [0.1, 0.15) is 36.7 Å². The van der Waals surface area contributed by atoms with Crippen LogP contribution in [0, 0.1) is 19.3 Å². The van der Waals surface area contributed by atoms with Gasteiger partial charge in [0.2, 0.25) is 0 Å². The third kappa shape index (κ3) is 6.09. The first-order chi connectivity index (χ1) is 12.0. The first-order valence-electron chi connectivity index (χ1n) is 9.21. The molecular weight excluding hydrogens is 445 g/mol. The lowest BCUT2D eigenvalue weighted by Crippen LogP contribution is -2.39. The van der Waals surface area contributed by atoms with Crippen LogP contribution in [0.3, 0.4) is 0 Å². The van der Waals surface area contributed by atoms with Crippen LogP contribution >= 0.6 is 24.0 Å². The Morgan fingerprint density at radius 3 is 2.69 bits per heavy atom. The molecule has 1 aliphatic heterocycles. The highest BCUT2D eigenvalue weighted by molar-refractivity contribution is 14.0. The highest BCUT2D eigenvalue weighted by Gasteiger charge is 2.34. The van der Waals surface area contributed by atoms with E-state index in [-0.39, 0.29) is 36.0 Å². The Labute approximate surface area is 174 Å². The van der Waals surface area contributed by atoms with Gasteiger partial charge in [-0.2, -0.15) is 5.10 Å². The number of hydrogen-bond donors (Lipinski definition) is 3. The van der Waals surface area contributed by atoms with Gasteiger partial charge in [-0.05, 0) is 45.6 Å². The molecule has 0 amide bonds. The van der Waals surface area contributed by atoms with Crippen molar-refractivity contribution in [3.05, 3.63) is 17.0 Å². The van der Waals surface area contributed by atoms with E-state index < -0.39 is 0 Å². The zero-order valence-electron chi connectivity index (χ0n) is 16.5. The molecule has 1 atom stereocenters. The molecule has 26 heavy (non-hydrogen) atoms. The second-order valence-electron chi connectivity index (χ2n) is 6.92. The summed E-state index contributed by atoms with van der Waals surface area (Å²) in [5.74, 6) is 0.825. The first kappa shape index (κ1) is 23.2. The van der Waals surface area contributed by atoms with Crippen LogP contribution in [0.5, 0.6) is 0 Å². The van der Waals surface area contributed by atoms with Crippen molar-refractivity contribution in [2.75, 3.05) is 39.5 Å². The van der Waals surface area contributed by atoms with Gasteiger partial charge >= 0.3 is 0 Å². The van der Waals surface area contributed by atoms with Crippen LogP contribution in [0.2, 0.25) is 0 Å². The summed E-state index contributed by atoms with van der Waals surface area (Å²) in [5, 5.41) is 20.5. The number of nitrogens with zero attached hydrogens (tertiary/aromatic N) is 3. The van der Waals surface area contributed by atoms with Crippen LogP contribution in [-0.2, 0) is 18.2 Å². The SMILES string of the molecule is CCNC(=NCC1(CCO)CCOC1)NCCc1c(C)nn(C)c1C.I. The highest BCUT2D eigenvalue weighted by atomic mass is 127. The first-order valence-corrected chi connectivity index (χ1v) is 9.21. The lowest BCUT2D eigenvalue weighted by molar-refractivity contribution is 0.131. The van der Waals surface area contributed by atoms with Gasteiger partial charge < -0.3 is 20.5 Å². The van der Waals surface area contributed by atoms with Gasteiger partial charge in [0, 0.05) is 44.5 Å². The maximum absolute atomic E-state index is 9.34. The molecule has 1 saturated heterocycles. The third-order valence-electron chi connectivity index (χ3n) is 5.07. The van der Waals surface area contributed by atoms with Gasteiger partial charge in [0.1, 0.15) is 0 Å². The molecular formula is C18H34IN5O2. The maximum Gasteiger partial charge on any atom is 0.191 e. The molecule has 0 bridgehead atoms. The van der Waals surface area contributed by atoms with Crippen LogP contribution in [0.4, 0.5) is 0 Å². The second-order valence-corrected chi connectivity index (χ2v) is 6.92. The van der Waals surface area contributed by atoms with Crippen LogP contribution in [-0.4, -0.2) is 60.3 Å². The summed E-state index contributed by atoms with van der Waals surface area (Å²) in [5.41, 5.74) is 3.58. The van der Waals surface area contributed by atoms with Gasteiger partial charge in [0.05, 0.1) is 18.8 Å². The summed E-state index contributed by atoms with van der Waals surface area (Å²) in [4.78, 5) is 4.75. The smallest absolute Gasteiger partial charge is 0.191 e. The van der Waals surface area contributed by atoms with Crippen LogP contribution < -0.4 is 10.6 Å². The molecule has 0 aliphatic carbocycles. The molecule has 0 aromatic carbocycles. The van der Waals surface area contributed by atoms with Gasteiger partial charge in [-0.3, -0.25) is 9.67 Å². The predicted molar refractivity (Wildman–Crippen MR) is 115 cm³/mol. The maximum atomic E-state index is 9.34. The largest absolute Gasteiger partial charge is 0.396 e. The number of halogens is 1. The Hall–Kier alpha value is -0.870. The minimum absolute atomic E-state index is 0.